The van der Waals surface area contributed by atoms with Crippen molar-refractivity contribution < 1.29 is 14.6 Å². The number of phenolic OH excluding ortho intramolecular Hbond substituents is 1. The van der Waals surface area contributed by atoms with Gasteiger partial charge in [-0.2, -0.15) is 0 Å². The van der Waals surface area contributed by atoms with Crippen LogP contribution in [-0.2, 0) is 0 Å². The Kier molecular flexibility index (Phi) is 3.30. The van der Waals surface area contributed by atoms with Crippen molar-refractivity contribution in [2.75, 3.05) is 0 Å². The van der Waals surface area contributed by atoms with E-state index >= 15 is 0 Å². The van der Waals surface area contributed by atoms with Crippen molar-refractivity contribution in [1.82, 2.24) is 0 Å². The van der Waals surface area contributed by atoms with Crippen LogP contribution in [0.15, 0.2) is 48.5 Å². The molecule has 0 saturated heterocycles. The number of hydrogen-bond donors (Lipinski definition) is 1. The van der Waals surface area contributed by atoms with Gasteiger partial charge in [-0.05, 0) is 30.3 Å². The number of rotatable bonds is 2. The van der Waals surface area contributed by atoms with Crippen molar-refractivity contribution in [3.05, 3.63) is 59.1 Å². The Bertz CT molecular complexity index is 538. The molecule has 4 heteroatoms. The molecule has 1 N–H and O–H groups in total. The van der Waals surface area contributed by atoms with E-state index in [1.165, 1.54) is 18.2 Å². The van der Waals surface area contributed by atoms with E-state index in [4.69, 9.17) is 16.3 Å². The molecule has 0 bridgehead atoms. The third-order valence-electron chi connectivity index (χ3n) is 2.14. The molecular formula is C13H9ClO3. The molecule has 3 nitrogen and oxygen atoms in total. The highest BCUT2D eigenvalue weighted by Gasteiger charge is 2.10. The molecule has 0 saturated carbocycles. The first-order valence-electron chi connectivity index (χ1n) is 4.92. The molecule has 0 unspecified atom stereocenters. The molecule has 0 fully saturated rings. The van der Waals surface area contributed by atoms with Crippen LogP contribution in [0.5, 0.6) is 11.5 Å². The Labute approximate surface area is 103 Å². The molecule has 2 aromatic rings. The van der Waals surface area contributed by atoms with Gasteiger partial charge in [0.15, 0.2) is 0 Å². The number of benzene rings is 2. The summed E-state index contributed by atoms with van der Waals surface area (Å²) >= 11 is 5.64. The molecule has 0 spiro atoms. The zero-order chi connectivity index (χ0) is 12.3. The summed E-state index contributed by atoms with van der Waals surface area (Å²) in [4.78, 5) is 11.7. The fourth-order valence-corrected chi connectivity index (χ4v) is 1.41. The zero-order valence-corrected chi connectivity index (χ0v) is 9.52. The van der Waals surface area contributed by atoms with Gasteiger partial charge in [0.25, 0.3) is 0 Å². The van der Waals surface area contributed by atoms with Crippen LogP contribution in [0.2, 0.25) is 5.02 Å². The fourth-order valence-electron chi connectivity index (χ4n) is 1.29. The van der Waals surface area contributed by atoms with E-state index in [1.54, 1.807) is 24.3 Å². The highest BCUT2D eigenvalue weighted by molar-refractivity contribution is 6.32. The molecule has 17 heavy (non-hydrogen) atoms. The number of aromatic hydroxyl groups is 1. The smallest absolute Gasteiger partial charge is 0.343 e. The van der Waals surface area contributed by atoms with Crippen LogP contribution in [0.25, 0.3) is 0 Å². The van der Waals surface area contributed by atoms with Crippen molar-refractivity contribution in [3.63, 3.8) is 0 Å². The number of ether oxygens (including phenoxy) is 1. The first-order valence-corrected chi connectivity index (χ1v) is 5.30. The summed E-state index contributed by atoms with van der Waals surface area (Å²) in [5, 5.41) is 9.57. The third kappa shape index (κ3) is 2.77. The number of phenols is 1. The summed E-state index contributed by atoms with van der Waals surface area (Å²) in [5.74, 6) is -0.232. The van der Waals surface area contributed by atoms with Gasteiger partial charge in [-0.25, -0.2) is 4.79 Å². The number of para-hydroxylation sites is 1. The van der Waals surface area contributed by atoms with E-state index < -0.39 is 5.97 Å². The number of carbonyl (C=O) groups is 1. The van der Waals surface area contributed by atoms with E-state index in [0.29, 0.717) is 5.75 Å². The summed E-state index contributed by atoms with van der Waals surface area (Å²) in [6.45, 7) is 0. The molecule has 0 aliphatic heterocycles. The summed E-state index contributed by atoms with van der Waals surface area (Å²) < 4.78 is 5.10. The first-order chi connectivity index (χ1) is 8.16. The molecule has 2 rings (SSSR count). The van der Waals surface area contributed by atoms with Crippen LogP contribution >= 0.6 is 11.6 Å². The molecular weight excluding hydrogens is 240 g/mol. The summed E-state index contributed by atoms with van der Waals surface area (Å²) in [7, 11) is 0. The van der Waals surface area contributed by atoms with Crippen molar-refractivity contribution >= 4 is 17.6 Å². The Morgan fingerprint density at radius 1 is 1.12 bits per heavy atom. The van der Waals surface area contributed by atoms with Crippen molar-refractivity contribution in [2.45, 2.75) is 0 Å². The highest BCUT2D eigenvalue weighted by Crippen LogP contribution is 2.24. The predicted molar refractivity (Wildman–Crippen MR) is 64.5 cm³/mol. The standard InChI is InChI=1S/C13H9ClO3/c14-11-7-6-9(8-12(11)15)13(16)17-10-4-2-1-3-5-10/h1-8,15H. The Morgan fingerprint density at radius 2 is 1.82 bits per heavy atom. The van der Waals surface area contributed by atoms with Gasteiger partial charge in [0.2, 0.25) is 0 Å². The van der Waals surface area contributed by atoms with Gasteiger partial charge in [-0.15, -0.1) is 0 Å². The van der Waals surface area contributed by atoms with E-state index in [0.717, 1.165) is 0 Å². The zero-order valence-electron chi connectivity index (χ0n) is 8.76. The van der Waals surface area contributed by atoms with Gasteiger partial charge in [0.1, 0.15) is 11.5 Å². The van der Waals surface area contributed by atoms with E-state index in [1.807, 2.05) is 6.07 Å². The molecule has 86 valence electrons. The topological polar surface area (TPSA) is 46.5 Å². The maximum atomic E-state index is 11.7. The second kappa shape index (κ2) is 4.89. The van der Waals surface area contributed by atoms with Crippen molar-refractivity contribution in [2.24, 2.45) is 0 Å². The fraction of sp³-hybridized carbons (Fsp3) is 0. The molecule has 0 aliphatic carbocycles. The van der Waals surface area contributed by atoms with Crippen LogP contribution in [0.4, 0.5) is 0 Å². The molecule has 0 aliphatic rings. The molecule has 0 heterocycles. The molecule has 0 amide bonds. The van der Waals surface area contributed by atoms with Crippen LogP contribution in [0.3, 0.4) is 0 Å². The molecule has 2 aromatic carbocycles. The van der Waals surface area contributed by atoms with E-state index in [2.05, 4.69) is 0 Å². The largest absolute Gasteiger partial charge is 0.506 e. The van der Waals surface area contributed by atoms with Crippen LogP contribution in [-0.4, -0.2) is 11.1 Å². The van der Waals surface area contributed by atoms with Gasteiger partial charge >= 0.3 is 5.97 Å². The second-order valence-electron chi connectivity index (χ2n) is 3.37. The summed E-state index contributed by atoms with van der Waals surface area (Å²) in [5.41, 5.74) is 0.246. The van der Waals surface area contributed by atoms with Gasteiger partial charge in [0, 0.05) is 0 Å². The normalized spacial score (nSPS) is 9.94. The lowest BCUT2D eigenvalue weighted by Gasteiger charge is -2.04. The van der Waals surface area contributed by atoms with Crippen LogP contribution in [0, 0.1) is 0 Å². The van der Waals surface area contributed by atoms with Gasteiger partial charge < -0.3 is 9.84 Å². The lowest BCUT2D eigenvalue weighted by molar-refractivity contribution is 0.0734. The second-order valence-corrected chi connectivity index (χ2v) is 3.78. The van der Waals surface area contributed by atoms with Crippen LogP contribution in [0.1, 0.15) is 10.4 Å². The molecule has 0 radical (unpaired) electrons. The van der Waals surface area contributed by atoms with E-state index in [-0.39, 0.29) is 16.3 Å². The first kappa shape index (κ1) is 11.5. The highest BCUT2D eigenvalue weighted by atomic mass is 35.5. The number of hydrogen-bond acceptors (Lipinski definition) is 3. The van der Waals surface area contributed by atoms with E-state index in [9.17, 15) is 9.90 Å². The minimum absolute atomic E-state index is 0.144. The maximum absolute atomic E-state index is 11.7. The quantitative estimate of drug-likeness (QED) is 0.655. The number of carbonyl (C=O) groups excluding carboxylic acids is 1. The third-order valence-corrected chi connectivity index (χ3v) is 2.46. The SMILES string of the molecule is O=C(Oc1ccccc1)c1ccc(Cl)c(O)c1. The average Bonchev–Trinajstić information content (AvgIpc) is 2.34. The average molecular weight is 249 g/mol. The van der Waals surface area contributed by atoms with Crippen molar-refractivity contribution in [3.8, 4) is 11.5 Å². The minimum Gasteiger partial charge on any atom is -0.506 e. The monoisotopic (exact) mass is 248 g/mol. The lowest BCUT2D eigenvalue weighted by atomic mass is 10.2. The molecule has 0 aromatic heterocycles. The van der Waals surface area contributed by atoms with Gasteiger partial charge in [-0.3, -0.25) is 0 Å². The van der Waals surface area contributed by atoms with Crippen LogP contribution < -0.4 is 4.74 Å². The Balaban J connectivity index is 2.18. The Morgan fingerprint density at radius 3 is 2.47 bits per heavy atom. The predicted octanol–water partition coefficient (Wildman–Crippen LogP) is 3.26. The molecule has 0 atom stereocenters. The number of halogens is 1. The number of esters is 1. The Hall–Kier alpha value is -2.00. The summed E-state index contributed by atoms with van der Waals surface area (Å²) in [6, 6.07) is 12.9. The maximum Gasteiger partial charge on any atom is 0.343 e. The van der Waals surface area contributed by atoms with Gasteiger partial charge in [-0.1, -0.05) is 29.8 Å². The van der Waals surface area contributed by atoms with Crippen molar-refractivity contribution in [1.29, 1.82) is 0 Å². The lowest BCUT2D eigenvalue weighted by Crippen LogP contribution is -2.08. The summed E-state index contributed by atoms with van der Waals surface area (Å²) in [6.07, 6.45) is 0. The minimum atomic E-state index is -0.539. The van der Waals surface area contributed by atoms with Gasteiger partial charge in [0.05, 0.1) is 10.6 Å².